The van der Waals surface area contributed by atoms with Crippen molar-refractivity contribution in [2.45, 2.75) is 45.8 Å². The molecule has 5 heteroatoms. The van der Waals surface area contributed by atoms with Crippen LogP contribution in [0.3, 0.4) is 0 Å². The molecular weight excluding hydrogens is 228 g/mol. The van der Waals surface area contributed by atoms with Crippen molar-refractivity contribution < 1.29 is 5.11 Å². The second-order valence-corrected chi connectivity index (χ2v) is 5.76. The van der Waals surface area contributed by atoms with E-state index >= 15 is 0 Å². The van der Waals surface area contributed by atoms with E-state index in [1.165, 1.54) is 0 Å². The van der Waals surface area contributed by atoms with Crippen LogP contribution in [0, 0.1) is 5.92 Å². The van der Waals surface area contributed by atoms with Gasteiger partial charge in [-0.05, 0) is 18.9 Å². The molecule has 102 valence electrons. The van der Waals surface area contributed by atoms with Crippen LogP contribution in [0.25, 0.3) is 0 Å². The van der Waals surface area contributed by atoms with E-state index < -0.39 is 0 Å². The molecule has 1 aliphatic rings. The van der Waals surface area contributed by atoms with Gasteiger partial charge in [-0.25, -0.2) is 0 Å². The number of nitrogens with zero attached hydrogens (tertiary/aromatic N) is 4. The van der Waals surface area contributed by atoms with Gasteiger partial charge in [0.25, 0.3) is 0 Å². The maximum absolute atomic E-state index is 9.90. The Balaban J connectivity index is 2.02. The highest BCUT2D eigenvalue weighted by molar-refractivity contribution is 4.99. The van der Waals surface area contributed by atoms with E-state index in [9.17, 15) is 5.11 Å². The van der Waals surface area contributed by atoms with Crippen LogP contribution in [0.2, 0.25) is 0 Å². The van der Waals surface area contributed by atoms with Crippen molar-refractivity contribution in [1.29, 1.82) is 0 Å². The summed E-state index contributed by atoms with van der Waals surface area (Å²) in [5.74, 6) is 2.81. The lowest BCUT2D eigenvalue weighted by Gasteiger charge is -2.33. The van der Waals surface area contributed by atoms with Gasteiger partial charge in [0.05, 0.1) is 12.6 Å². The minimum absolute atomic E-state index is 0.212. The summed E-state index contributed by atoms with van der Waals surface area (Å²) >= 11 is 0. The molecular formula is C13H24N4O. The quantitative estimate of drug-likeness (QED) is 0.876. The van der Waals surface area contributed by atoms with E-state index in [2.05, 4.69) is 40.4 Å². The zero-order valence-electron chi connectivity index (χ0n) is 11.8. The zero-order valence-corrected chi connectivity index (χ0v) is 11.8. The predicted molar refractivity (Wildman–Crippen MR) is 70.2 cm³/mol. The lowest BCUT2D eigenvalue weighted by molar-refractivity contribution is 0.0245. The maximum atomic E-state index is 9.90. The van der Waals surface area contributed by atoms with Gasteiger partial charge < -0.3 is 9.67 Å². The Morgan fingerprint density at radius 1 is 1.39 bits per heavy atom. The minimum Gasteiger partial charge on any atom is -0.392 e. The molecule has 1 aliphatic heterocycles. The Labute approximate surface area is 109 Å². The van der Waals surface area contributed by atoms with Crippen molar-refractivity contribution in [3.8, 4) is 0 Å². The molecule has 0 aromatic carbocycles. The summed E-state index contributed by atoms with van der Waals surface area (Å²) in [6.45, 7) is 8.91. The largest absolute Gasteiger partial charge is 0.392 e. The smallest absolute Gasteiger partial charge is 0.146 e. The Morgan fingerprint density at radius 3 is 2.67 bits per heavy atom. The van der Waals surface area contributed by atoms with Crippen LogP contribution in [0.15, 0.2) is 0 Å². The van der Waals surface area contributed by atoms with Gasteiger partial charge >= 0.3 is 0 Å². The Morgan fingerprint density at radius 2 is 2.11 bits per heavy atom. The van der Waals surface area contributed by atoms with Crippen LogP contribution in [0.5, 0.6) is 0 Å². The molecule has 2 unspecified atom stereocenters. The van der Waals surface area contributed by atoms with Gasteiger partial charge in [0.1, 0.15) is 11.6 Å². The lowest BCUT2D eigenvalue weighted by atomic mass is 9.96. The highest BCUT2D eigenvalue weighted by Gasteiger charge is 2.25. The van der Waals surface area contributed by atoms with E-state index in [-0.39, 0.29) is 6.10 Å². The number of hydrogen-bond donors (Lipinski definition) is 1. The highest BCUT2D eigenvalue weighted by atomic mass is 16.3. The zero-order chi connectivity index (χ0) is 13.3. The van der Waals surface area contributed by atoms with Gasteiger partial charge in [0.2, 0.25) is 0 Å². The van der Waals surface area contributed by atoms with Gasteiger partial charge in [-0.3, -0.25) is 4.90 Å². The Bertz CT molecular complexity index is 402. The summed E-state index contributed by atoms with van der Waals surface area (Å²) in [7, 11) is 2.02. The molecule has 2 rings (SSSR count). The van der Waals surface area contributed by atoms with Crippen LogP contribution in [-0.4, -0.2) is 44.0 Å². The number of aliphatic hydroxyl groups excluding tert-OH is 1. The van der Waals surface area contributed by atoms with E-state index in [1.54, 1.807) is 0 Å². The van der Waals surface area contributed by atoms with Gasteiger partial charge in [-0.1, -0.05) is 20.8 Å². The minimum atomic E-state index is -0.212. The fraction of sp³-hybridized carbons (Fsp3) is 0.846. The number of hydrogen-bond acceptors (Lipinski definition) is 4. The SMILES string of the molecule is CC(C)c1nnc(CN2CCC(C)C(O)C2)n1C. The van der Waals surface area contributed by atoms with E-state index in [0.717, 1.165) is 37.7 Å². The number of piperidine rings is 1. The van der Waals surface area contributed by atoms with Gasteiger partial charge in [0, 0.05) is 19.5 Å². The number of likely N-dealkylation sites (tertiary alicyclic amines) is 1. The molecule has 18 heavy (non-hydrogen) atoms. The first-order valence-electron chi connectivity index (χ1n) is 6.77. The first kappa shape index (κ1) is 13.5. The molecule has 0 spiro atoms. The molecule has 2 heterocycles. The topological polar surface area (TPSA) is 54.2 Å². The van der Waals surface area contributed by atoms with Crippen LogP contribution < -0.4 is 0 Å². The summed E-state index contributed by atoms with van der Waals surface area (Å²) < 4.78 is 2.08. The highest BCUT2D eigenvalue weighted by Crippen LogP contribution is 2.19. The first-order valence-corrected chi connectivity index (χ1v) is 6.77. The summed E-state index contributed by atoms with van der Waals surface area (Å²) in [6.07, 6.45) is 0.840. The average Bonchev–Trinajstić information content (AvgIpc) is 2.66. The van der Waals surface area contributed by atoms with Crippen molar-refractivity contribution in [3.05, 3.63) is 11.6 Å². The summed E-state index contributed by atoms with van der Waals surface area (Å²) in [5, 5.41) is 18.4. The van der Waals surface area contributed by atoms with Gasteiger partial charge in [0.15, 0.2) is 0 Å². The standard InChI is InChI=1S/C13H24N4O/c1-9(2)13-15-14-12(16(13)4)8-17-6-5-10(3)11(18)7-17/h9-11,18H,5-8H2,1-4H3. The molecule has 1 fully saturated rings. The number of β-amino-alcohol motifs (C(OH)–C–C–N with tert-alkyl or cyclic N) is 1. The predicted octanol–water partition coefficient (Wildman–Crippen LogP) is 1.14. The average molecular weight is 252 g/mol. The number of aromatic nitrogens is 3. The van der Waals surface area contributed by atoms with E-state index in [4.69, 9.17) is 0 Å². The summed E-state index contributed by atoms with van der Waals surface area (Å²) in [5.41, 5.74) is 0. The molecule has 1 N–H and O–H groups in total. The van der Waals surface area contributed by atoms with E-state index in [0.29, 0.717) is 11.8 Å². The Hall–Kier alpha value is -0.940. The molecule has 0 saturated carbocycles. The van der Waals surface area contributed by atoms with Crippen molar-refractivity contribution in [2.24, 2.45) is 13.0 Å². The molecule has 0 bridgehead atoms. The second kappa shape index (κ2) is 5.36. The van der Waals surface area contributed by atoms with Crippen molar-refractivity contribution in [1.82, 2.24) is 19.7 Å². The van der Waals surface area contributed by atoms with Gasteiger partial charge in [-0.2, -0.15) is 0 Å². The molecule has 5 nitrogen and oxygen atoms in total. The van der Waals surface area contributed by atoms with Crippen LogP contribution in [0.1, 0.15) is 44.8 Å². The first-order chi connectivity index (χ1) is 8.49. The molecule has 1 aromatic rings. The maximum Gasteiger partial charge on any atom is 0.146 e. The molecule has 1 aromatic heterocycles. The van der Waals surface area contributed by atoms with Crippen LogP contribution in [-0.2, 0) is 13.6 Å². The molecule has 1 saturated heterocycles. The fourth-order valence-electron chi connectivity index (χ4n) is 2.47. The van der Waals surface area contributed by atoms with Crippen LogP contribution in [0.4, 0.5) is 0 Å². The molecule has 0 aliphatic carbocycles. The molecule has 0 amide bonds. The Kier molecular flexibility index (Phi) is 4.02. The van der Waals surface area contributed by atoms with Gasteiger partial charge in [-0.15, -0.1) is 10.2 Å². The van der Waals surface area contributed by atoms with E-state index in [1.807, 2.05) is 7.05 Å². The molecule has 0 radical (unpaired) electrons. The third-order valence-corrected chi connectivity index (χ3v) is 3.88. The normalized spacial score (nSPS) is 25.9. The second-order valence-electron chi connectivity index (χ2n) is 5.76. The number of rotatable bonds is 3. The van der Waals surface area contributed by atoms with Crippen molar-refractivity contribution in [3.63, 3.8) is 0 Å². The summed E-state index contributed by atoms with van der Waals surface area (Å²) in [4.78, 5) is 2.26. The summed E-state index contributed by atoms with van der Waals surface area (Å²) in [6, 6.07) is 0. The fourth-order valence-corrected chi connectivity index (χ4v) is 2.47. The number of aliphatic hydroxyl groups is 1. The monoisotopic (exact) mass is 252 g/mol. The van der Waals surface area contributed by atoms with Crippen LogP contribution >= 0.6 is 0 Å². The molecule has 2 atom stereocenters. The third-order valence-electron chi connectivity index (χ3n) is 3.88. The van der Waals surface area contributed by atoms with Crippen molar-refractivity contribution in [2.75, 3.05) is 13.1 Å². The van der Waals surface area contributed by atoms with Crippen molar-refractivity contribution >= 4 is 0 Å². The third kappa shape index (κ3) is 2.72. The lowest BCUT2D eigenvalue weighted by Crippen LogP contribution is -2.42.